The first kappa shape index (κ1) is 18.9. The van der Waals surface area contributed by atoms with E-state index in [0.29, 0.717) is 22.5 Å². The molecular formula is C20H12IN3O5. The fourth-order valence-corrected chi connectivity index (χ4v) is 3.02. The summed E-state index contributed by atoms with van der Waals surface area (Å²) in [6.45, 7) is 0. The number of rotatable bonds is 5. The molecule has 1 amide bonds. The summed E-state index contributed by atoms with van der Waals surface area (Å²) in [7, 11) is 0. The molecule has 0 aliphatic carbocycles. The van der Waals surface area contributed by atoms with E-state index in [9.17, 15) is 14.9 Å². The van der Waals surface area contributed by atoms with E-state index in [1.807, 2.05) is 30.3 Å². The highest BCUT2D eigenvalue weighted by atomic mass is 127. The summed E-state index contributed by atoms with van der Waals surface area (Å²) in [5.74, 6) is 0.577. The van der Waals surface area contributed by atoms with Gasteiger partial charge in [0, 0.05) is 26.7 Å². The largest absolute Gasteiger partial charge is 0.455 e. The van der Waals surface area contributed by atoms with Gasteiger partial charge in [0.05, 0.1) is 11.1 Å². The van der Waals surface area contributed by atoms with Crippen LogP contribution in [-0.4, -0.2) is 17.0 Å². The van der Waals surface area contributed by atoms with Crippen LogP contribution in [0.1, 0.15) is 16.3 Å². The number of hydrogen-bond donors (Lipinski definition) is 1. The van der Waals surface area contributed by atoms with E-state index in [-0.39, 0.29) is 11.4 Å². The topological polar surface area (TPSA) is 111 Å². The number of nitrogens with zero attached hydrogens (tertiary/aromatic N) is 2. The lowest BCUT2D eigenvalue weighted by molar-refractivity contribution is -0.384. The van der Waals surface area contributed by atoms with Gasteiger partial charge >= 0.3 is 5.91 Å². The Hall–Kier alpha value is -3.47. The standard InChI is InChI=1S/C20H12IN3O5/c21-14-3-1-12(2-4-14)17-8-6-16(28-17)11-22-23-20(25)19-10-13-9-15(24(26)27)5-7-18(13)29-19/h1-11H,(H,23,25)/b22-11+. The third-order valence-electron chi connectivity index (χ3n) is 4.05. The fraction of sp³-hybridized carbons (Fsp3) is 0. The normalized spacial score (nSPS) is 11.2. The number of hydrogen-bond acceptors (Lipinski definition) is 6. The maximum absolute atomic E-state index is 12.2. The van der Waals surface area contributed by atoms with Crippen LogP contribution in [0.2, 0.25) is 0 Å². The first-order valence-electron chi connectivity index (χ1n) is 8.37. The monoisotopic (exact) mass is 501 g/mol. The molecular weight excluding hydrogens is 489 g/mol. The van der Waals surface area contributed by atoms with Crippen LogP contribution in [0, 0.1) is 13.7 Å². The first-order valence-corrected chi connectivity index (χ1v) is 9.45. The molecule has 0 atom stereocenters. The summed E-state index contributed by atoms with van der Waals surface area (Å²) in [5, 5.41) is 15.2. The summed E-state index contributed by atoms with van der Waals surface area (Å²) in [4.78, 5) is 22.5. The van der Waals surface area contributed by atoms with Crippen molar-refractivity contribution in [1.29, 1.82) is 0 Å². The fourth-order valence-electron chi connectivity index (χ4n) is 2.66. The minimum atomic E-state index is -0.579. The van der Waals surface area contributed by atoms with Gasteiger partial charge in [-0.15, -0.1) is 0 Å². The van der Waals surface area contributed by atoms with Crippen LogP contribution in [0.15, 0.2) is 74.6 Å². The smallest absolute Gasteiger partial charge is 0.307 e. The molecule has 2 aromatic carbocycles. The molecule has 144 valence electrons. The molecule has 2 aromatic heterocycles. The van der Waals surface area contributed by atoms with Crippen molar-refractivity contribution in [2.24, 2.45) is 5.10 Å². The van der Waals surface area contributed by atoms with E-state index < -0.39 is 10.8 Å². The average Bonchev–Trinajstić information content (AvgIpc) is 3.35. The molecule has 0 fully saturated rings. The molecule has 0 bridgehead atoms. The SMILES string of the molecule is O=C(N/N=C/c1ccc(-c2ccc(I)cc2)o1)c1cc2cc([N+](=O)[O-])ccc2o1. The van der Waals surface area contributed by atoms with Crippen LogP contribution >= 0.6 is 22.6 Å². The van der Waals surface area contributed by atoms with E-state index in [1.54, 1.807) is 6.07 Å². The summed E-state index contributed by atoms with van der Waals surface area (Å²) in [5.41, 5.74) is 3.57. The predicted molar refractivity (Wildman–Crippen MR) is 115 cm³/mol. The number of non-ortho nitro benzene ring substituents is 1. The Morgan fingerprint density at radius 3 is 2.62 bits per heavy atom. The minimum Gasteiger partial charge on any atom is -0.455 e. The number of halogens is 1. The Labute approximate surface area is 177 Å². The number of nitro benzene ring substituents is 1. The van der Waals surface area contributed by atoms with Gasteiger partial charge in [0.15, 0.2) is 5.76 Å². The van der Waals surface area contributed by atoms with Gasteiger partial charge in [0.2, 0.25) is 0 Å². The lowest BCUT2D eigenvalue weighted by atomic mass is 10.2. The molecule has 1 N–H and O–H groups in total. The summed E-state index contributed by atoms with van der Waals surface area (Å²) in [6, 6.07) is 17.0. The summed E-state index contributed by atoms with van der Waals surface area (Å²) >= 11 is 2.23. The zero-order valence-electron chi connectivity index (χ0n) is 14.7. The molecule has 0 aliphatic rings. The van der Waals surface area contributed by atoms with Crippen LogP contribution in [0.5, 0.6) is 0 Å². The van der Waals surface area contributed by atoms with Gasteiger partial charge in [0.1, 0.15) is 17.1 Å². The molecule has 4 aromatic rings. The van der Waals surface area contributed by atoms with Crippen molar-refractivity contribution in [3.8, 4) is 11.3 Å². The van der Waals surface area contributed by atoms with Crippen LogP contribution in [0.25, 0.3) is 22.3 Å². The van der Waals surface area contributed by atoms with Gasteiger partial charge in [-0.25, -0.2) is 5.43 Å². The van der Waals surface area contributed by atoms with Crippen molar-refractivity contribution in [3.63, 3.8) is 0 Å². The highest BCUT2D eigenvalue weighted by molar-refractivity contribution is 14.1. The zero-order chi connectivity index (χ0) is 20.4. The molecule has 0 aliphatic heterocycles. The molecule has 0 spiro atoms. The molecule has 0 saturated heterocycles. The van der Waals surface area contributed by atoms with Gasteiger partial charge in [-0.1, -0.05) is 12.1 Å². The van der Waals surface area contributed by atoms with E-state index in [1.165, 1.54) is 30.5 Å². The molecule has 9 heteroatoms. The molecule has 2 heterocycles. The highest BCUT2D eigenvalue weighted by Gasteiger charge is 2.14. The Kier molecular flexibility index (Phi) is 5.12. The van der Waals surface area contributed by atoms with Gasteiger partial charge in [-0.05, 0) is 59.0 Å². The maximum Gasteiger partial charge on any atom is 0.307 e. The van der Waals surface area contributed by atoms with Crippen molar-refractivity contribution < 1.29 is 18.6 Å². The average molecular weight is 501 g/mol. The molecule has 4 rings (SSSR count). The van der Waals surface area contributed by atoms with Crippen LogP contribution in [0.3, 0.4) is 0 Å². The van der Waals surface area contributed by atoms with E-state index in [0.717, 1.165) is 9.13 Å². The van der Waals surface area contributed by atoms with Crippen molar-refractivity contribution >= 4 is 51.4 Å². The molecule has 0 radical (unpaired) electrons. The number of carbonyl (C=O) groups is 1. The second-order valence-corrected chi connectivity index (χ2v) is 7.24. The van der Waals surface area contributed by atoms with E-state index >= 15 is 0 Å². The Bertz CT molecular complexity index is 1240. The Morgan fingerprint density at radius 1 is 1.07 bits per heavy atom. The molecule has 8 nitrogen and oxygen atoms in total. The van der Waals surface area contributed by atoms with Crippen LogP contribution < -0.4 is 5.43 Å². The third kappa shape index (κ3) is 4.19. The maximum atomic E-state index is 12.2. The van der Waals surface area contributed by atoms with E-state index in [2.05, 4.69) is 33.1 Å². The highest BCUT2D eigenvalue weighted by Crippen LogP contribution is 2.24. The van der Waals surface area contributed by atoms with Gasteiger partial charge in [0.25, 0.3) is 5.69 Å². The predicted octanol–water partition coefficient (Wildman–Crippen LogP) is 4.97. The number of nitrogens with one attached hydrogen (secondary N) is 1. The van der Waals surface area contributed by atoms with Gasteiger partial charge in [-0.2, -0.15) is 5.10 Å². The van der Waals surface area contributed by atoms with Crippen molar-refractivity contribution in [2.45, 2.75) is 0 Å². The number of benzene rings is 2. The lowest BCUT2D eigenvalue weighted by Gasteiger charge is -1.96. The first-order chi connectivity index (χ1) is 14.0. The van der Waals surface area contributed by atoms with Gasteiger partial charge in [-0.3, -0.25) is 14.9 Å². The molecule has 29 heavy (non-hydrogen) atoms. The number of carbonyl (C=O) groups excluding carboxylic acids is 1. The zero-order valence-corrected chi connectivity index (χ0v) is 16.8. The minimum absolute atomic E-state index is 0.00308. The number of amides is 1. The quantitative estimate of drug-likeness (QED) is 0.180. The van der Waals surface area contributed by atoms with Crippen molar-refractivity contribution in [1.82, 2.24) is 5.43 Å². The summed E-state index contributed by atoms with van der Waals surface area (Å²) < 4.78 is 12.2. The second kappa shape index (κ2) is 7.87. The number of nitro groups is 1. The van der Waals surface area contributed by atoms with Crippen molar-refractivity contribution in [2.75, 3.05) is 0 Å². The molecule has 0 unspecified atom stereocenters. The number of furan rings is 2. The van der Waals surface area contributed by atoms with Crippen LogP contribution in [0.4, 0.5) is 5.69 Å². The van der Waals surface area contributed by atoms with Crippen LogP contribution in [-0.2, 0) is 0 Å². The number of fused-ring (bicyclic) bond motifs is 1. The molecule has 0 saturated carbocycles. The number of hydrazone groups is 1. The second-order valence-electron chi connectivity index (χ2n) is 6.00. The Balaban J connectivity index is 1.44. The van der Waals surface area contributed by atoms with Crippen molar-refractivity contribution in [3.05, 3.63) is 85.9 Å². The third-order valence-corrected chi connectivity index (χ3v) is 4.77. The van der Waals surface area contributed by atoms with Gasteiger partial charge < -0.3 is 8.83 Å². The lowest BCUT2D eigenvalue weighted by Crippen LogP contribution is -2.16. The van der Waals surface area contributed by atoms with E-state index in [4.69, 9.17) is 8.83 Å². The Morgan fingerprint density at radius 2 is 1.86 bits per heavy atom. The summed E-state index contributed by atoms with van der Waals surface area (Å²) in [6.07, 6.45) is 1.38.